The van der Waals surface area contributed by atoms with Crippen LogP contribution >= 0.6 is 0 Å². The van der Waals surface area contributed by atoms with E-state index >= 15 is 0 Å². The normalized spacial score (nSPS) is 18.3. The number of carbonyl (C=O) groups is 1. The monoisotopic (exact) mass is 383 g/mol. The molecule has 0 radical (unpaired) electrons. The van der Waals surface area contributed by atoms with E-state index in [1.165, 1.54) is 0 Å². The zero-order valence-electron chi connectivity index (χ0n) is 16.0. The molecule has 3 N–H and O–H groups in total. The predicted octanol–water partition coefficient (Wildman–Crippen LogP) is 2.57. The van der Waals surface area contributed by atoms with Crippen molar-refractivity contribution >= 4 is 40.1 Å². The van der Waals surface area contributed by atoms with Crippen LogP contribution in [0.5, 0.6) is 0 Å². The third kappa shape index (κ3) is 3.12. The number of imidazole rings is 1. The topological polar surface area (TPSA) is 102 Å². The lowest BCUT2D eigenvalue weighted by molar-refractivity contribution is -0.117. The van der Waals surface area contributed by atoms with E-state index in [-0.39, 0.29) is 12.3 Å². The number of fused-ring (bicyclic) bond motifs is 1. The number of carbonyl (C=O) groups excluding carboxylic acids is 1. The van der Waals surface area contributed by atoms with Gasteiger partial charge in [0, 0.05) is 20.2 Å². The first-order chi connectivity index (χ1) is 13.4. The standard InChI is InChI=1S/C19H22FN7O/c1-4-10-5-15(21)22-8-14(10)27(3)16-7-13-17(23-9-26(13)2)18(24-16)25-19(28)11-6-12(11)20/h5,7-9,11-12H,4,6H2,1-3H3,(H2,21,22)(H,24,25,28)/t11-,12+/m0/s1. The van der Waals surface area contributed by atoms with Crippen LogP contribution in [-0.4, -0.2) is 38.6 Å². The first-order valence-corrected chi connectivity index (χ1v) is 9.14. The van der Waals surface area contributed by atoms with Crippen molar-refractivity contribution in [2.75, 3.05) is 23.0 Å². The van der Waals surface area contributed by atoms with Crippen molar-refractivity contribution in [1.82, 2.24) is 19.5 Å². The van der Waals surface area contributed by atoms with Crippen LogP contribution < -0.4 is 16.0 Å². The number of nitrogens with zero attached hydrogens (tertiary/aromatic N) is 5. The van der Waals surface area contributed by atoms with Crippen LogP contribution in [0.2, 0.25) is 0 Å². The summed E-state index contributed by atoms with van der Waals surface area (Å²) in [6.07, 6.45) is 3.33. The number of hydrogen-bond donors (Lipinski definition) is 2. The zero-order chi connectivity index (χ0) is 20.0. The Hall–Kier alpha value is -3.23. The number of aryl methyl sites for hydroxylation is 2. The van der Waals surface area contributed by atoms with Crippen LogP contribution in [0.3, 0.4) is 0 Å². The highest BCUT2D eigenvalue weighted by Gasteiger charge is 2.44. The molecule has 3 heterocycles. The van der Waals surface area contributed by atoms with Crippen LogP contribution in [0, 0.1) is 5.92 Å². The third-order valence-corrected chi connectivity index (χ3v) is 5.06. The van der Waals surface area contributed by atoms with Crippen LogP contribution in [0.1, 0.15) is 18.9 Å². The molecular weight excluding hydrogens is 361 g/mol. The van der Waals surface area contributed by atoms with E-state index in [1.54, 1.807) is 12.5 Å². The van der Waals surface area contributed by atoms with Gasteiger partial charge in [0.2, 0.25) is 5.91 Å². The Morgan fingerprint density at radius 3 is 2.86 bits per heavy atom. The minimum Gasteiger partial charge on any atom is -0.384 e. The number of anilines is 4. The molecule has 0 aromatic carbocycles. The average Bonchev–Trinajstić information content (AvgIpc) is 3.30. The van der Waals surface area contributed by atoms with Crippen molar-refractivity contribution in [2.24, 2.45) is 13.0 Å². The van der Waals surface area contributed by atoms with Crippen molar-refractivity contribution in [3.05, 3.63) is 30.2 Å². The summed E-state index contributed by atoms with van der Waals surface area (Å²) in [5.74, 6) is 0.429. The lowest BCUT2D eigenvalue weighted by atomic mass is 10.1. The molecule has 146 valence electrons. The van der Waals surface area contributed by atoms with Gasteiger partial charge in [0.25, 0.3) is 0 Å². The molecule has 0 unspecified atom stereocenters. The number of amides is 1. The maximum absolute atomic E-state index is 13.3. The molecule has 28 heavy (non-hydrogen) atoms. The fourth-order valence-electron chi connectivity index (χ4n) is 3.24. The number of hydrogen-bond acceptors (Lipinski definition) is 6. The van der Waals surface area contributed by atoms with Crippen molar-refractivity contribution in [2.45, 2.75) is 25.9 Å². The SMILES string of the molecule is CCc1cc(N)ncc1N(C)c1cc2c(ncn2C)c(NC(=O)[C@H]2C[C@H]2F)n1. The van der Waals surface area contributed by atoms with Gasteiger partial charge in [0.05, 0.1) is 29.6 Å². The van der Waals surface area contributed by atoms with E-state index in [4.69, 9.17) is 5.73 Å². The summed E-state index contributed by atoms with van der Waals surface area (Å²) < 4.78 is 15.1. The van der Waals surface area contributed by atoms with Gasteiger partial charge in [0.15, 0.2) is 5.82 Å². The van der Waals surface area contributed by atoms with Crippen LogP contribution in [-0.2, 0) is 18.3 Å². The first-order valence-electron chi connectivity index (χ1n) is 9.14. The quantitative estimate of drug-likeness (QED) is 0.702. The van der Waals surface area contributed by atoms with Gasteiger partial charge in [0.1, 0.15) is 23.3 Å². The molecule has 9 heteroatoms. The summed E-state index contributed by atoms with van der Waals surface area (Å²) in [7, 11) is 3.74. The average molecular weight is 383 g/mol. The summed E-state index contributed by atoms with van der Waals surface area (Å²) >= 11 is 0. The lowest BCUT2D eigenvalue weighted by Gasteiger charge is -2.22. The molecular formula is C19H22FN7O. The highest BCUT2D eigenvalue weighted by molar-refractivity contribution is 6.01. The molecule has 4 rings (SSSR count). The lowest BCUT2D eigenvalue weighted by Crippen LogP contribution is -2.19. The molecule has 1 saturated carbocycles. The van der Waals surface area contributed by atoms with Crippen molar-refractivity contribution in [1.29, 1.82) is 0 Å². The fraction of sp³-hybridized carbons (Fsp3) is 0.368. The van der Waals surface area contributed by atoms with Crippen molar-refractivity contribution < 1.29 is 9.18 Å². The summed E-state index contributed by atoms with van der Waals surface area (Å²) in [6.45, 7) is 2.04. The van der Waals surface area contributed by atoms with E-state index in [0.717, 1.165) is 23.2 Å². The highest BCUT2D eigenvalue weighted by atomic mass is 19.1. The smallest absolute Gasteiger partial charge is 0.231 e. The minimum atomic E-state index is -1.07. The van der Waals surface area contributed by atoms with E-state index in [2.05, 4.69) is 20.3 Å². The van der Waals surface area contributed by atoms with E-state index in [9.17, 15) is 9.18 Å². The fourth-order valence-corrected chi connectivity index (χ4v) is 3.24. The van der Waals surface area contributed by atoms with Crippen LogP contribution in [0.15, 0.2) is 24.7 Å². The number of pyridine rings is 2. The maximum atomic E-state index is 13.3. The van der Waals surface area contributed by atoms with Crippen molar-refractivity contribution in [3.63, 3.8) is 0 Å². The number of nitrogens with two attached hydrogens (primary N) is 1. The number of aromatic nitrogens is 4. The van der Waals surface area contributed by atoms with E-state index in [1.807, 2.05) is 42.6 Å². The number of nitrogen functional groups attached to an aromatic ring is 1. The Balaban J connectivity index is 1.76. The van der Waals surface area contributed by atoms with Gasteiger partial charge in [-0.2, -0.15) is 0 Å². The molecule has 0 bridgehead atoms. The Morgan fingerprint density at radius 1 is 1.43 bits per heavy atom. The molecule has 1 amide bonds. The van der Waals surface area contributed by atoms with Gasteiger partial charge >= 0.3 is 0 Å². The van der Waals surface area contributed by atoms with Gasteiger partial charge in [-0.05, 0) is 24.5 Å². The molecule has 3 aromatic rings. The second-order valence-electron chi connectivity index (χ2n) is 7.05. The number of rotatable bonds is 5. The van der Waals surface area contributed by atoms with Gasteiger partial charge in [-0.3, -0.25) is 4.79 Å². The minimum absolute atomic E-state index is 0.258. The molecule has 1 aliphatic rings. The third-order valence-electron chi connectivity index (χ3n) is 5.06. The maximum Gasteiger partial charge on any atom is 0.231 e. The number of nitrogens with one attached hydrogen (secondary N) is 1. The largest absolute Gasteiger partial charge is 0.384 e. The summed E-state index contributed by atoms with van der Waals surface area (Å²) in [4.78, 5) is 27.3. The summed E-state index contributed by atoms with van der Waals surface area (Å²) in [6, 6.07) is 3.73. The van der Waals surface area contributed by atoms with Gasteiger partial charge in [-0.15, -0.1) is 0 Å². The van der Waals surface area contributed by atoms with Crippen LogP contribution in [0.4, 0.5) is 27.5 Å². The van der Waals surface area contributed by atoms with Gasteiger partial charge in [-0.25, -0.2) is 19.3 Å². The Labute approximate surface area is 161 Å². The molecule has 0 saturated heterocycles. The Bertz CT molecular complexity index is 1060. The number of alkyl halides is 1. The Morgan fingerprint density at radius 2 is 2.18 bits per heavy atom. The van der Waals surface area contributed by atoms with Gasteiger partial charge < -0.3 is 20.5 Å². The van der Waals surface area contributed by atoms with Gasteiger partial charge in [-0.1, -0.05) is 6.92 Å². The zero-order valence-corrected chi connectivity index (χ0v) is 16.0. The van der Waals surface area contributed by atoms with Crippen molar-refractivity contribution in [3.8, 4) is 0 Å². The first kappa shape index (κ1) is 18.1. The Kier molecular flexibility index (Phi) is 4.37. The van der Waals surface area contributed by atoms with Crippen LogP contribution in [0.25, 0.3) is 11.0 Å². The molecule has 1 fully saturated rings. The molecule has 1 aliphatic carbocycles. The van der Waals surface area contributed by atoms with E-state index in [0.29, 0.717) is 23.0 Å². The molecule has 8 nitrogen and oxygen atoms in total. The predicted molar refractivity (Wildman–Crippen MR) is 106 cm³/mol. The number of halogens is 1. The molecule has 0 spiro atoms. The summed E-state index contributed by atoms with van der Waals surface area (Å²) in [5.41, 5.74) is 9.09. The second-order valence-corrected chi connectivity index (χ2v) is 7.05. The second kappa shape index (κ2) is 6.74. The molecule has 2 atom stereocenters. The van der Waals surface area contributed by atoms with E-state index < -0.39 is 12.1 Å². The molecule has 3 aromatic heterocycles. The summed E-state index contributed by atoms with van der Waals surface area (Å²) in [5, 5.41) is 2.75. The molecule has 0 aliphatic heterocycles. The highest BCUT2D eigenvalue weighted by Crippen LogP contribution is 2.36.